The highest BCUT2D eigenvalue weighted by molar-refractivity contribution is 4.81. The van der Waals surface area contributed by atoms with Crippen LogP contribution in [-0.4, -0.2) is 46.8 Å². The quantitative estimate of drug-likeness (QED) is 0.222. The maximum absolute atomic E-state index is 9.77. The summed E-state index contributed by atoms with van der Waals surface area (Å²) in [4.78, 5) is 0. The van der Waals surface area contributed by atoms with Crippen molar-refractivity contribution in [3.05, 3.63) is 12.3 Å². The molecule has 5 nitrogen and oxygen atoms in total. The molecule has 0 bridgehead atoms. The van der Waals surface area contributed by atoms with E-state index in [1.54, 1.807) is 0 Å². The number of aliphatic hydroxyl groups is 3. The molecule has 0 aliphatic carbocycles. The van der Waals surface area contributed by atoms with Crippen molar-refractivity contribution in [3.63, 3.8) is 0 Å². The molecule has 0 rings (SSSR count). The van der Waals surface area contributed by atoms with Crippen LogP contribution in [0.2, 0.25) is 0 Å². The lowest BCUT2D eigenvalue weighted by Crippen LogP contribution is -2.45. The van der Waals surface area contributed by atoms with Crippen molar-refractivity contribution in [1.29, 1.82) is 0 Å². The molecule has 3 atom stereocenters. The molecular weight excluding hydrogens is 318 g/mol. The predicted octanol–water partition coefficient (Wildman–Crippen LogP) is 3.26. The Labute approximate surface area is 154 Å². The minimum absolute atomic E-state index is 0.314. The highest BCUT2D eigenvalue weighted by Gasteiger charge is 2.22. The van der Waals surface area contributed by atoms with E-state index in [4.69, 9.17) is 15.6 Å². The van der Waals surface area contributed by atoms with Crippen LogP contribution in [-0.2, 0) is 4.74 Å². The first-order chi connectivity index (χ1) is 12.0. The van der Waals surface area contributed by atoms with E-state index < -0.39 is 18.2 Å². The van der Waals surface area contributed by atoms with Gasteiger partial charge in [-0.05, 0) is 19.3 Å². The average molecular weight is 360 g/mol. The second-order valence-electron chi connectivity index (χ2n) is 7.01. The molecule has 0 aromatic rings. The summed E-state index contributed by atoms with van der Waals surface area (Å²) in [6.45, 7) is 6.63. The van der Waals surface area contributed by atoms with Crippen molar-refractivity contribution in [2.24, 2.45) is 5.73 Å². The molecule has 0 aliphatic heterocycles. The van der Waals surface area contributed by atoms with Crippen LogP contribution in [0.4, 0.5) is 0 Å². The maximum Gasteiger partial charge on any atom is 0.0971 e. The SMILES string of the molecule is C=C(CCCCCC)OCCCCCCCCC(O)C(O)C(N)CO. The summed E-state index contributed by atoms with van der Waals surface area (Å²) >= 11 is 0. The second kappa shape index (κ2) is 16.8. The summed E-state index contributed by atoms with van der Waals surface area (Å²) in [6, 6.07) is -0.767. The van der Waals surface area contributed by atoms with E-state index in [0.29, 0.717) is 6.42 Å². The maximum atomic E-state index is 9.77. The molecule has 5 heteroatoms. The summed E-state index contributed by atoms with van der Waals surface area (Å²) in [5, 5.41) is 28.3. The summed E-state index contributed by atoms with van der Waals surface area (Å²) in [6.07, 6.45) is 11.0. The second-order valence-corrected chi connectivity index (χ2v) is 7.01. The Bertz CT molecular complexity index is 312. The van der Waals surface area contributed by atoms with Gasteiger partial charge in [-0.3, -0.25) is 0 Å². The van der Waals surface area contributed by atoms with E-state index in [1.165, 1.54) is 25.7 Å². The summed E-state index contributed by atoms with van der Waals surface area (Å²) in [5.41, 5.74) is 5.50. The van der Waals surface area contributed by atoms with Gasteiger partial charge in [0.15, 0.2) is 0 Å². The van der Waals surface area contributed by atoms with Gasteiger partial charge in [0.25, 0.3) is 0 Å². The van der Waals surface area contributed by atoms with Crippen LogP contribution in [0.15, 0.2) is 12.3 Å². The highest BCUT2D eigenvalue weighted by atomic mass is 16.5. The number of allylic oxidation sites excluding steroid dienone is 1. The minimum atomic E-state index is -1.04. The summed E-state index contributed by atoms with van der Waals surface area (Å²) in [7, 11) is 0. The molecule has 5 N–H and O–H groups in total. The Kier molecular flexibility index (Phi) is 16.4. The van der Waals surface area contributed by atoms with Crippen LogP contribution in [0.25, 0.3) is 0 Å². The fraction of sp³-hybridized carbons (Fsp3) is 0.900. The molecule has 0 saturated heterocycles. The molecule has 0 radical (unpaired) electrons. The third kappa shape index (κ3) is 14.3. The van der Waals surface area contributed by atoms with Crippen molar-refractivity contribution in [2.45, 2.75) is 102 Å². The fourth-order valence-electron chi connectivity index (χ4n) is 2.76. The van der Waals surface area contributed by atoms with Crippen LogP contribution >= 0.6 is 0 Å². The van der Waals surface area contributed by atoms with Gasteiger partial charge in [-0.2, -0.15) is 0 Å². The van der Waals surface area contributed by atoms with Crippen molar-refractivity contribution < 1.29 is 20.1 Å². The Morgan fingerprint density at radius 3 is 2.20 bits per heavy atom. The van der Waals surface area contributed by atoms with Crippen molar-refractivity contribution in [2.75, 3.05) is 13.2 Å². The zero-order valence-corrected chi connectivity index (χ0v) is 16.2. The van der Waals surface area contributed by atoms with Gasteiger partial charge in [0.2, 0.25) is 0 Å². The first-order valence-electron chi connectivity index (χ1n) is 10.1. The third-order valence-electron chi connectivity index (χ3n) is 4.55. The normalized spacial score (nSPS) is 14.9. The van der Waals surface area contributed by atoms with E-state index in [0.717, 1.165) is 57.3 Å². The van der Waals surface area contributed by atoms with Gasteiger partial charge < -0.3 is 25.8 Å². The lowest BCUT2D eigenvalue weighted by atomic mass is 10.0. The van der Waals surface area contributed by atoms with Gasteiger partial charge in [-0.1, -0.05) is 64.9 Å². The number of unbranched alkanes of at least 4 members (excludes halogenated alkanes) is 8. The molecule has 0 fully saturated rings. The van der Waals surface area contributed by atoms with Crippen LogP contribution in [0.1, 0.15) is 84.0 Å². The van der Waals surface area contributed by atoms with Crippen molar-refractivity contribution in [1.82, 2.24) is 0 Å². The van der Waals surface area contributed by atoms with E-state index in [1.807, 2.05) is 0 Å². The van der Waals surface area contributed by atoms with E-state index in [-0.39, 0.29) is 6.61 Å². The van der Waals surface area contributed by atoms with Gasteiger partial charge in [0, 0.05) is 6.42 Å². The van der Waals surface area contributed by atoms with E-state index in [9.17, 15) is 10.2 Å². The van der Waals surface area contributed by atoms with E-state index in [2.05, 4.69) is 13.5 Å². The zero-order chi connectivity index (χ0) is 18.9. The number of hydrogen-bond donors (Lipinski definition) is 4. The number of hydrogen-bond acceptors (Lipinski definition) is 5. The van der Waals surface area contributed by atoms with Crippen molar-refractivity contribution in [3.8, 4) is 0 Å². The van der Waals surface area contributed by atoms with Gasteiger partial charge in [0.05, 0.1) is 37.2 Å². The molecule has 3 unspecified atom stereocenters. The lowest BCUT2D eigenvalue weighted by molar-refractivity contribution is -0.0121. The molecule has 0 heterocycles. The average Bonchev–Trinajstić information content (AvgIpc) is 2.62. The molecule has 0 aromatic carbocycles. The molecule has 150 valence electrons. The largest absolute Gasteiger partial charge is 0.499 e. The number of aliphatic hydroxyl groups excluding tert-OH is 3. The van der Waals surface area contributed by atoms with Crippen LogP contribution in [0.3, 0.4) is 0 Å². The van der Waals surface area contributed by atoms with Gasteiger partial charge in [-0.25, -0.2) is 0 Å². The summed E-state index contributed by atoms with van der Waals surface area (Å²) < 4.78 is 5.65. The molecule has 0 amide bonds. The number of nitrogens with two attached hydrogens (primary N) is 1. The first kappa shape index (κ1) is 24.4. The standard InChI is InChI=1S/C20H41NO4/c1-3-4-5-10-13-17(2)25-15-12-9-7-6-8-11-14-19(23)20(24)18(21)16-22/h18-20,22-24H,2-16,21H2,1H3. The minimum Gasteiger partial charge on any atom is -0.499 e. The Morgan fingerprint density at radius 1 is 0.960 bits per heavy atom. The highest BCUT2D eigenvalue weighted by Crippen LogP contribution is 2.13. The topological polar surface area (TPSA) is 95.9 Å². The Hall–Kier alpha value is -0.620. The van der Waals surface area contributed by atoms with E-state index >= 15 is 0 Å². The van der Waals surface area contributed by atoms with Gasteiger partial charge >= 0.3 is 0 Å². The Morgan fingerprint density at radius 2 is 1.56 bits per heavy atom. The van der Waals surface area contributed by atoms with Crippen LogP contribution in [0, 0.1) is 0 Å². The van der Waals surface area contributed by atoms with Crippen LogP contribution in [0.5, 0.6) is 0 Å². The Balaban J connectivity index is 3.37. The molecule has 0 saturated carbocycles. The number of ether oxygens (including phenoxy) is 1. The lowest BCUT2D eigenvalue weighted by Gasteiger charge is -2.22. The zero-order valence-electron chi connectivity index (χ0n) is 16.2. The van der Waals surface area contributed by atoms with Gasteiger partial charge in [0.1, 0.15) is 0 Å². The molecule has 25 heavy (non-hydrogen) atoms. The van der Waals surface area contributed by atoms with Crippen LogP contribution < -0.4 is 5.73 Å². The molecule has 0 aromatic heterocycles. The fourth-order valence-corrected chi connectivity index (χ4v) is 2.76. The third-order valence-corrected chi connectivity index (χ3v) is 4.55. The summed E-state index contributed by atoms with van der Waals surface area (Å²) in [5.74, 6) is 0.921. The van der Waals surface area contributed by atoms with Gasteiger partial charge in [-0.15, -0.1) is 0 Å². The first-order valence-corrected chi connectivity index (χ1v) is 10.1. The smallest absolute Gasteiger partial charge is 0.0971 e. The number of rotatable bonds is 18. The molecular formula is C20H41NO4. The molecule has 0 aliphatic rings. The monoisotopic (exact) mass is 359 g/mol. The predicted molar refractivity (Wildman–Crippen MR) is 103 cm³/mol. The molecule has 0 spiro atoms. The van der Waals surface area contributed by atoms with Crippen molar-refractivity contribution >= 4 is 0 Å².